The highest BCUT2D eigenvalue weighted by Crippen LogP contribution is 2.28. The van der Waals surface area contributed by atoms with Gasteiger partial charge >= 0.3 is 0 Å². The van der Waals surface area contributed by atoms with Crippen LogP contribution in [0, 0.1) is 0 Å². The summed E-state index contributed by atoms with van der Waals surface area (Å²) in [5, 5.41) is 7.77. The smallest absolute Gasteiger partial charge is 0.224 e. The highest BCUT2D eigenvalue weighted by atomic mass is 35.5. The minimum atomic E-state index is 0. The molecule has 0 aromatic heterocycles. The molecule has 0 bridgehead atoms. The number of unbranched alkanes of at least 4 members (excludes halogenated alkanes) is 3. The number of hydrogen-bond acceptors (Lipinski definition) is 2. The van der Waals surface area contributed by atoms with Crippen molar-refractivity contribution in [3.63, 3.8) is 0 Å². The maximum Gasteiger partial charge on any atom is 0.224 e. The van der Waals surface area contributed by atoms with Crippen molar-refractivity contribution in [2.45, 2.75) is 32.1 Å². The largest absolute Gasteiger partial charge is 0.356 e. The lowest BCUT2D eigenvalue weighted by molar-refractivity contribution is -0.120. The lowest BCUT2D eigenvalue weighted by Crippen LogP contribution is -2.26. The molecule has 0 aliphatic carbocycles. The zero-order valence-electron chi connectivity index (χ0n) is 15.0. The van der Waals surface area contributed by atoms with Gasteiger partial charge in [-0.2, -0.15) is 0 Å². The molecule has 4 heteroatoms. The summed E-state index contributed by atoms with van der Waals surface area (Å²) in [7, 11) is 0. The van der Waals surface area contributed by atoms with E-state index < -0.39 is 0 Å². The third kappa shape index (κ3) is 4.96. The van der Waals surface area contributed by atoms with Crippen molar-refractivity contribution < 1.29 is 4.79 Å². The first-order valence-electron chi connectivity index (χ1n) is 9.16. The maximum atomic E-state index is 12.5. The van der Waals surface area contributed by atoms with Crippen LogP contribution in [0.5, 0.6) is 0 Å². The fraction of sp³-hybridized carbons (Fsp3) is 0.318. The molecule has 0 saturated carbocycles. The van der Waals surface area contributed by atoms with Gasteiger partial charge in [0.2, 0.25) is 5.91 Å². The van der Waals surface area contributed by atoms with Gasteiger partial charge in [0, 0.05) is 6.54 Å². The van der Waals surface area contributed by atoms with Gasteiger partial charge in [0.1, 0.15) is 0 Å². The normalized spacial score (nSPS) is 10.7. The summed E-state index contributed by atoms with van der Waals surface area (Å²) in [6.45, 7) is 1.49. The standard InChI is InChI=1S/C22H26N2O.ClH/c23-13-7-1-2-8-14-24-22(25)16-21-19-11-5-3-9-17(19)15-18-10-4-6-12-20(18)21;/h3-6,9-12,15H,1-2,7-8,13-14,16,23H2,(H,24,25);1H. The average Bonchev–Trinajstić information content (AvgIpc) is 2.64. The summed E-state index contributed by atoms with van der Waals surface area (Å²) >= 11 is 0. The number of nitrogens with one attached hydrogen (secondary N) is 1. The average molecular weight is 371 g/mol. The molecule has 0 saturated heterocycles. The highest BCUT2D eigenvalue weighted by Gasteiger charge is 2.11. The fourth-order valence-electron chi connectivity index (χ4n) is 3.37. The number of hydrogen-bond donors (Lipinski definition) is 2. The van der Waals surface area contributed by atoms with Crippen LogP contribution in [0.1, 0.15) is 31.2 Å². The van der Waals surface area contributed by atoms with E-state index in [1.165, 1.54) is 21.5 Å². The predicted octanol–water partition coefficient (Wildman–Crippen LogP) is 4.59. The monoisotopic (exact) mass is 370 g/mol. The summed E-state index contributed by atoms with van der Waals surface area (Å²) in [6, 6.07) is 18.8. The Bertz CT molecular complexity index is 809. The number of amides is 1. The molecule has 0 radical (unpaired) electrons. The van der Waals surface area contributed by atoms with Gasteiger partial charge in [-0.1, -0.05) is 61.4 Å². The Hall–Kier alpha value is -2.10. The summed E-state index contributed by atoms with van der Waals surface area (Å²) in [6.07, 6.45) is 4.76. The Labute approximate surface area is 161 Å². The van der Waals surface area contributed by atoms with Gasteiger partial charge in [-0.25, -0.2) is 0 Å². The first-order valence-corrected chi connectivity index (χ1v) is 9.16. The fourth-order valence-corrected chi connectivity index (χ4v) is 3.37. The Morgan fingerprint density at radius 2 is 1.42 bits per heavy atom. The summed E-state index contributed by atoms with van der Waals surface area (Å²) < 4.78 is 0. The lowest BCUT2D eigenvalue weighted by atomic mass is 9.94. The van der Waals surface area contributed by atoms with E-state index in [1.54, 1.807) is 0 Å². The van der Waals surface area contributed by atoms with E-state index in [0.29, 0.717) is 6.42 Å². The van der Waals surface area contributed by atoms with Crippen molar-refractivity contribution in [1.82, 2.24) is 5.32 Å². The molecule has 3 N–H and O–H groups in total. The summed E-state index contributed by atoms with van der Waals surface area (Å²) in [5.41, 5.74) is 6.62. The minimum Gasteiger partial charge on any atom is -0.356 e. The number of fused-ring (bicyclic) bond motifs is 2. The molecule has 3 nitrogen and oxygen atoms in total. The molecule has 0 spiro atoms. The molecule has 26 heavy (non-hydrogen) atoms. The number of nitrogens with two attached hydrogens (primary N) is 1. The van der Waals surface area contributed by atoms with Crippen LogP contribution in [0.2, 0.25) is 0 Å². The Balaban J connectivity index is 0.00000243. The molecule has 0 fully saturated rings. The molecule has 1 amide bonds. The van der Waals surface area contributed by atoms with E-state index in [4.69, 9.17) is 5.73 Å². The van der Waals surface area contributed by atoms with Gasteiger partial charge in [0.05, 0.1) is 6.42 Å². The summed E-state index contributed by atoms with van der Waals surface area (Å²) in [4.78, 5) is 12.5. The van der Waals surface area contributed by atoms with Crippen LogP contribution in [0.25, 0.3) is 21.5 Å². The van der Waals surface area contributed by atoms with Crippen LogP contribution >= 0.6 is 12.4 Å². The summed E-state index contributed by atoms with van der Waals surface area (Å²) in [5.74, 6) is 0.0975. The molecular weight excluding hydrogens is 344 g/mol. The van der Waals surface area contributed by atoms with E-state index in [-0.39, 0.29) is 18.3 Å². The van der Waals surface area contributed by atoms with Crippen LogP contribution in [-0.2, 0) is 11.2 Å². The van der Waals surface area contributed by atoms with Crippen LogP contribution < -0.4 is 11.1 Å². The molecule has 3 aromatic carbocycles. The second-order valence-electron chi connectivity index (χ2n) is 6.53. The van der Waals surface area contributed by atoms with E-state index in [0.717, 1.165) is 44.3 Å². The third-order valence-corrected chi connectivity index (χ3v) is 4.67. The Morgan fingerprint density at radius 3 is 2.04 bits per heavy atom. The zero-order chi connectivity index (χ0) is 17.5. The molecule has 138 valence electrons. The van der Waals surface area contributed by atoms with Crippen LogP contribution in [0.4, 0.5) is 0 Å². The molecule has 3 rings (SSSR count). The van der Waals surface area contributed by atoms with Gasteiger partial charge in [0.15, 0.2) is 0 Å². The van der Waals surface area contributed by atoms with Crippen LogP contribution in [0.3, 0.4) is 0 Å². The first-order chi connectivity index (χ1) is 12.3. The van der Waals surface area contributed by atoms with Crippen LogP contribution in [-0.4, -0.2) is 19.0 Å². The molecule has 0 aliphatic rings. The third-order valence-electron chi connectivity index (χ3n) is 4.67. The highest BCUT2D eigenvalue weighted by molar-refractivity contribution is 6.04. The second kappa shape index (κ2) is 10.1. The Morgan fingerprint density at radius 1 is 0.846 bits per heavy atom. The van der Waals surface area contributed by atoms with Crippen molar-refractivity contribution in [3.8, 4) is 0 Å². The van der Waals surface area contributed by atoms with Gasteiger partial charge in [-0.05, 0) is 52.6 Å². The molecule has 3 aromatic rings. The molecular formula is C22H27ClN2O. The van der Waals surface area contributed by atoms with Gasteiger partial charge in [-0.3, -0.25) is 4.79 Å². The van der Waals surface area contributed by atoms with Gasteiger partial charge < -0.3 is 11.1 Å². The van der Waals surface area contributed by atoms with Crippen molar-refractivity contribution in [3.05, 3.63) is 60.2 Å². The maximum absolute atomic E-state index is 12.5. The van der Waals surface area contributed by atoms with Crippen LogP contribution in [0.15, 0.2) is 54.6 Å². The number of carbonyl (C=O) groups excluding carboxylic acids is 1. The Kier molecular flexibility index (Phi) is 7.89. The van der Waals surface area contributed by atoms with E-state index >= 15 is 0 Å². The van der Waals surface area contributed by atoms with E-state index in [9.17, 15) is 4.79 Å². The quantitative estimate of drug-likeness (QED) is 0.450. The zero-order valence-corrected chi connectivity index (χ0v) is 15.9. The SMILES string of the molecule is Cl.NCCCCCCNC(=O)Cc1c2ccccc2cc2ccccc12. The topological polar surface area (TPSA) is 55.1 Å². The van der Waals surface area contributed by atoms with Crippen molar-refractivity contribution >= 4 is 39.9 Å². The number of benzene rings is 3. The molecule has 0 aliphatic heterocycles. The number of carbonyl (C=O) groups is 1. The van der Waals surface area contributed by atoms with Crippen molar-refractivity contribution in [2.75, 3.05) is 13.1 Å². The predicted molar refractivity (Wildman–Crippen MR) is 113 cm³/mol. The first kappa shape index (κ1) is 20.2. The van der Waals surface area contributed by atoms with E-state index in [2.05, 4.69) is 35.6 Å². The number of rotatable bonds is 8. The second-order valence-corrected chi connectivity index (χ2v) is 6.53. The van der Waals surface area contributed by atoms with E-state index in [1.807, 2.05) is 24.3 Å². The minimum absolute atomic E-state index is 0. The lowest BCUT2D eigenvalue weighted by Gasteiger charge is -2.12. The van der Waals surface area contributed by atoms with Gasteiger partial charge in [-0.15, -0.1) is 12.4 Å². The molecule has 0 atom stereocenters. The number of halogens is 1. The van der Waals surface area contributed by atoms with Crippen molar-refractivity contribution in [2.24, 2.45) is 5.73 Å². The molecule has 0 unspecified atom stereocenters. The molecule has 0 heterocycles. The van der Waals surface area contributed by atoms with Gasteiger partial charge in [0.25, 0.3) is 0 Å². The van der Waals surface area contributed by atoms with Crippen molar-refractivity contribution in [1.29, 1.82) is 0 Å².